The first-order valence-corrected chi connectivity index (χ1v) is 6.99. The number of hydrogen-bond acceptors (Lipinski definition) is 2. The van der Waals surface area contributed by atoms with Crippen LogP contribution in [0.1, 0.15) is 32.6 Å². The van der Waals surface area contributed by atoms with Crippen molar-refractivity contribution in [1.29, 1.82) is 0 Å². The summed E-state index contributed by atoms with van der Waals surface area (Å²) in [7, 11) is 1.75. The van der Waals surface area contributed by atoms with Gasteiger partial charge in [0.05, 0.1) is 5.56 Å². The molecule has 3 nitrogen and oxygen atoms in total. The Morgan fingerprint density at radius 2 is 1.67 bits per heavy atom. The average Bonchev–Trinajstić information content (AvgIpc) is 2.43. The summed E-state index contributed by atoms with van der Waals surface area (Å²) in [5, 5.41) is 9.86. The van der Waals surface area contributed by atoms with Crippen LogP contribution in [0.5, 0.6) is 5.75 Å². The van der Waals surface area contributed by atoms with E-state index in [4.69, 9.17) is 0 Å². The van der Waals surface area contributed by atoms with E-state index in [1.807, 2.05) is 26.0 Å². The molecule has 0 radical (unpaired) electrons. The van der Waals surface area contributed by atoms with Crippen LogP contribution in [0.3, 0.4) is 0 Å². The zero-order chi connectivity index (χ0) is 15.6. The quantitative estimate of drug-likeness (QED) is 0.935. The Kier molecular flexibility index (Phi) is 4.32. The molecule has 21 heavy (non-hydrogen) atoms. The van der Waals surface area contributed by atoms with E-state index in [0.717, 1.165) is 11.1 Å². The van der Waals surface area contributed by atoms with Crippen molar-refractivity contribution in [1.82, 2.24) is 4.90 Å². The molecule has 0 bridgehead atoms. The Bertz CT molecular complexity index is 677. The number of carbonyl (C=O) groups is 1. The summed E-state index contributed by atoms with van der Waals surface area (Å²) in [5.74, 6) is -0.144. The SMILES string of the molecule is Cc1ccc(CN(C)C(=O)c2cc(C)ccc2O)c(C)c1. The number of benzene rings is 2. The second kappa shape index (κ2) is 6.00. The van der Waals surface area contributed by atoms with Crippen molar-refractivity contribution < 1.29 is 9.90 Å². The summed E-state index contributed by atoms with van der Waals surface area (Å²) >= 11 is 0. The molecule has 0 spiro atoms. The number of hydrogen-bond donors (Lipinski definition) is 1. The first-order chi connectivity index (χ1) is 9.88. The molecule has 1 N–H and O–H groups in total. The summed E-state index contributed by atoms with van der Waals surface area (Å²) in [6.07, 6.45) is 0. The minimum Gasteiger partial charge on any atom is -0.507 e. The molecule has 2 aromatic carbocycles. The molecule has 0 saturated heterocycles. The predicted octanol–water partition coefficient (Wildman–Crippen LogP) is 3.59. The Balaban J connectivity index is 2.21. The molecule has 2 rings (SSSR count). The molecule has 2 aromatic rings. The third kappa shape index (κ3) is 3.43. The van der Waals surface area contributed by atoms with Gasteiger partial charge in [0.15, 0.2) is 0 Å². The molecular formula is C18H21NO2. The van der Waals surface area contributed by atoms with E-state index in [2.05, 4.69) is 13.0 Å². The molecule has 0 atom stereocenters. The molecule has 0 aromatic heterocycles. The van der Waals surface area contributed by atoms with Gasteiger partial charge in [-0.2, -0.15) is 0 Å². The molecule has 0 aliphatic carbocycles. The van der Waals surface area contributed by atoms with Crippen LogP contribution in [0.15, 0.2) is 36.4 Å². The molecule has 0 fully saturated rings. The first-order valence-electron chi connectivity index (χ1n) is 6.99. The maximum Gasteiger partial charge on any atom is 0.257 e. The van der Waals surface area contributed by atoms with Gasteiger partial charge in [-0.15, -0.1) is 0 Å². The van der Waals surface area contributed by atoms with Gasteiger partial charge in [-0.05, 0) is 44.0 Å². The van der Waals surface area contributed by atoms with Crippen molar-refractivity contribution in [3.05, 3.63) is 64.2 Å². The minimum absolute atomic E-state index is 0.0260. The van der Waals surface area contributed by atoms with E-state index in [-0.39, 0.29) is 11.7 Å². The Morgan fingerprint density at radius 1 is 1.05 bits per heavy atom. The maximum absolute atomic E-state index is 12.5. The minimum atomic E-state index is -0.170. The molecule has 3 heteroatoms. The highest BCUT2D eigenvalue weighted by atomic mass is 16.3. The van der Waals surface area contributed by atoms with Crippen molar-refractivity contribution in [2.45, 2.75) is 27.3 Å². The highest BCUT2D eigenvalue weighted by Crippen LogP contribution is 2.21. The normalized spacial score (nSPS) is 10.5. The van der Waals surface area contributed by atoms with E-state index in [9.17, 15) is 9.90 Å². The smallest absolute Gasteiger partial charge is 0.257 e. The van der Waals surface area contributed by atoms with E-state index in [1.54, 1.807) is 30.1 Å². The molecule has 0 saturated carbocycles. The van der Waals surface area contributed by atoms with Gasteiger partial charge < -0.3 is 10.0 Å². The van der Waals surface area contributed by atoms with Crippen LogP contribution >= 0.6 is 0 Å². The molecule has 110 valence electrons. The third-order valence-corrected chi connectivity index (χ3v) is 3.63. The summed E-state index contributed by atoms with van der Waals surface area (Å²) in [4.78, 5) is 14.1. The topological polar surface area (TPSA) is 40.5 Å². The number of rotatable bonds is 3. The fourth-order valence-corrected chi connectivity index (χ4v) is 2.38. The monoisotopic (exact) mass is 283 g/mol. The number of phenolic OH excluding ortho intramolecular Hbond substituents is 1. The summed E-state index contributed by atoms with van der Waals surface area (Å²) in [6, 6.07) is 11.3. The highest BCUT2D eigenvalue weighted by molar-refractivity contribution is 5.96. The molecule has 0 unspecified atom stereocenters. The van der Waals surface area contributed by atoms with Crippen LogP contribution in [0.25, 0.3) is 0 Å². The molecule has 1 amide bonds. The van der Waals surface area contributed by atoms with Gasteiger partial charge in [-0.1, -0.05) is 35.4 Å². The van der Waals surface area contributed by atoms with Crippen LogP contribution < -0.4 is 0 Å². The van der Waals surface area contributed by atoms with E-state index >= 15 is 0 Å². The molecule has 0 heterocycles. The van der Waals surface area contributed by atoms with Crippen LogP contribution in [0.2, 0.25) is 0 Å². The van der Waals surface area contributed by atoms with Crippen molar-refractivity contribution >= 4 is 5.91 Å². The third-order valence-electron chi connectivity index (χ3n) is 3.63. The second-order valence-electron chi connectivity index (χ2n) is 5.61. The Labute approximate surface area is 125 Å². The van der Waals surface area contributed by atoms with Gasteiger partial charge in [0.1, 0.15) is 5.75 Å². The van der Waals surface area contributed by atoms with Gasteiger partial charge >= 0.3 is 0 Å². The summed E-state index contributed by atoms with van der Waals surface area (Å²) in [5.41, 5.74) is 4.80. The van der Waals surface area contributed by atoms with Gasteiger partial charge in [0.2, 0.25) is 0 Å². The van der Waals surface area contributed by atoms with Crippen molar-refractivity contribution in [2.75, 3.05) is 7.05 Å². The first kappa shape index (κ1) is 15.1. The fraction of sp³-hybridized carbons (Fsp3) is 0.278. The van der Waals surface area contributed by atoms with Gasteiger partial charge in [-0.25, -0.2) is 0 Å². The van der Waals surface area contributed by atoms with E-state index in [0.29, 0.717) is 12.1 Å². The van der Waals surface area contributed by atoms with Crippen LogP contribution in [0, 0.1) is 20.8 Å². The summed E-state index contributed by atoms with van der Waals surface area (Å²) in [6.45, 7) is 6.53. The number of nitrogens with zero attached hydrogens (tertiary/aromatic N) is 1. The standard InChI is InChI=1S/C18H21NO2/c1-12-5-7-15(14(3)9-12)11-19(4)18(21)16-10-13(2)6-8-17(16)20/h5-10,20H,11H2,1-4H3. The lowest BCUT2D eigenvalue weighted by atomic mass is 10.0. The zero-order valence-corrected chi connectivity index (χ0v) is 13.0. The predicted molar refractivity (Wildman–Crippen MR) is 84.6 cm³/mol. The lowest BCUT2D eigenvalue weighted by Gasteiger charge is -2.19. The van der Waals surface area contributed by atoms with Crippen LogP contribution in [-0.2, 0) is 6.54 Å². The van der Waals surface area contributed by atoms with Crippen LogP contribution in [0.4, 0.5) is 0 Å². The second-order valence-corrected chi connectivity index (χ2v) is 5.61. The number of aromatic hydroxyl groups is 1. The summed E-state index contributed by atoms with van der Waals surface area (Å²) < 4.78 is 0. The number of phenols is 1. The molecule has 0 aliphatic rings. The van der Waals surface area contributed by atoms with Crippen molar-refractivity contribution in [3.63, 3.8) is 0 Å². The number of amides is 1. The van der Waals surface area contributed by atoms with E-state index < -0.39 is 0 Å². The lowest BCUT2D eigenvalue weighted by Crippen LogP contribution is -2.26. The van der Waals surface area contributed by atoms with Crippen molar-refractivity contribution in [2.24, 2.45) is 0 Å². The fourth-order valence-electron chi connectivity index (χ4n) is 2.38. The van der Waals surface area contributed by atoms with Gasteiger partial charge in [0.25, 0.3) is 5.91 Å². The largest absolute Gasteiger partial charge is 0.507 e. The number of aryl methyl sites for hydroxylation is 3. The highest BCUT2D eigenvalue weighted by Gasteiger charge is 2.16. The maximum atomic E-state index is 12.5. The van der Waals surface area contributed by atoms with Crippen molar-refractivity contribution in [3.8, 4) is 5.75 Å². The number of carbonyl (C=O) groups excluding carboxylic acids is 1. The zero-order valence-electron chi connectivity index (χ0n) is 13.0. The van der Waals surface area contributed by atoms with E-state index in [1.165, 1.54) is 11.1 Å². The Hall–Kier alpha value is -2.29. The lowest BCUT2D eigenvalue weighted by molar-refractivity contribution is 0.0782. The molecule has 0 aliphatic heterocycles. The average molecular weight is 283 g/mol. The Morgan fingerprint density at radius 3 is 2.33 bits per heavy atom. The van der Waals surface area contributed by atoms with Crippen LogP contribution in [-0.4, -0.2) is 23.0 Å². The van der Waals surface area contributed by atoms with Gasteiger partial charge in [0, 0.05) is 13.6 Å². The van der Waals surface area contributed by atoms with Gasteiger partial charge in [-0.3, -0.25) is 4.79 Å². The molecular weight excluding hydrogens is 262 g/mol.